The van der Waals surface area contributed by atoms with Crippen LogP contribution in [0.3, 0.4) is 0 Å². The van der Waals surface area contributed by atoms with Gasteiger partial charge in [0.25, 0.3) is 0 Å². The molecule has 0 N–H and O–H groups in total. The summed E-state index contributed by atoms with van der Waals surface area (Å²) in [4.78, 5) is 5.25. The van der Waals surface area contributed by atoms with Gasteiger partial charge in [0.2, 0.25) is 0 Å². The van der Waals surface area contributed by atoms with Gasteiger partial charge in [-0.2, -0.15) is 0 Å². The number of hydrogen-bond donors (Lipinski definition) is 0. The highest BCUT2D eigenvalue weighted by molar-refractivity contribution is 4.81. The van der Waals surface area contributed by atoms with Gasteiger partial charge in [-0.15, -0.1) is 0 Å². The summed E-state index contributed by atoms with van der Waals surface area (Å²) >= 11 is 0. The molecule has 1 unspecified atom stereocenters. The van der Waals surface area contributed by atoms with Gasteiger partial charge in [-0.25, -0.2) is 0 Å². The third kappa shape index (κ3) is 5.34. The summed E-state index contributed by atoms with van der Waals surface area (Å²) in [7, 11) is 0. The molecule has 2 fully saturated rings. The summed E-state index contributed by atoms with van der Waals surface area (Å²) in [5.41, 5.74) is 0.384. The zero-order valence-electron chi connectivity index (χ0n) is 13.9. The number of ether oxygens (including phenoxy) is 1. The maximum absolute atomic E-state index is 5.91. The molecule has 0 bridgehead atoms. The van der Waals surface area contributed by atoms with Crippen molar-refractivity contribution in [2.45, 2.75) is 59.0 Å². The lowest BCUT2D eigenvalue weighted by Crippen LogP contribution is -2.44. The van der Waals surface area contributed by atoms with Crippen molar-refractivity contribution >= 4 is 0 Å². The fraction of sp³-hybridized carbons (Fsp3) is 1.00. The van der Waals surface area contributed by atoms with Crippen LogP contribution < -0.4 is 0 Å². The van der Waals surface area contributed by atoms with Crippen molar-refractivity contribution in [3.05, 3.63) is 0 Å². The van der Waals surface area contributed by atoms with Crippen LogP contribution in [0.2, 0.25) is 0 Å². The van der Waals surface area contributed by atoms with Gasteiger partial charge in [0.05, 0.1) is 6.10 Å². The van der Waals surface area contributed by atoms with E-state index in [1.165, 1.54) is 58.3 Å². The molecule has 20 heavy (non-hydrogen) atoms. The third-order valence-corrected chi connectivity index (χ3v) is 4.68. The molecule has 3 nitrogen and oxygen atoms in total. The first-order chi connectivity index (χ1) is 9.59. The number of hydrogen-bond acceptors (Lipinski definition) is 3. The summed E-state index contributed by atoms with van der Waals surface area (Å²) < 4.78 is 5.91. The number of likely N-dealkylation sites (N-methyl/N-ethyl adjacent to an activating group) is 1. The minimum atomic E-state index is 0.384. The topological polar surface area (TPSA) is 15.7 Å². The van der Waals surface area contributed by atoms with E-state index in [4.69, 9.17) is 4.74 Å². The van der Waals surface area contributed by atoms with Gasteiger partial charge in [-0.1, -0.05) is 20.8 Å². The van der Waals surface area contributed by atoms with Crippen LogP contribution >= 0.6 is 0 Å². The largest absolute Gasteiger partial charge is 0.377 e. The fourth-order valence-electron chi connectivity index (χ4n) is 3.75. The molecular weight excluding hydrogens is 248 g/mol. The first kappa shape index (κ1) is 16.3. The predicted molar refractivity (Wildman–Crippen MR) is 85.2 cm³/mol. The van der Waals surface area contributed by atoms with Gasteiger partial charge in [0, 0.05) is 26.2 Å². The Bertz CT molecular complexity index is 268. The van der Waals surface area contributed by atoms with Crippen molar-refractivity contribution in [2.24, 2.45) is 5.41 Å². The Hall–Kier alpha value is -0.120. The molecular formula is C17H34N2O. The first-order valence-electron chi connectivity index (χ1n) is 8.65. The van der Waals surface area contributed by atoms with E-state index in [1.54, 1.807) is 0 Å². The Morgan fingerprint density at radius 1 is 1.15 bits per heavy atom. The first-order valence-corrected chi connectivity index (χ1v) is 8.65. The molecule has 0 amide bonds. The van der Waals surface area contributed by atoms with E-state index >= 15 is 0 Å². The molecule has 3 heteroatoms. The Morgan fingerprint density at radius 2 is 1.90 bits per heavy atom. The van der Waals surface area contributed by atoms with Crippen LogP contribution in [-0.2, 0) is 4.74 Å². The van der Waals surface area contributed by atoms with Crippen molar-refractivity contribution < 1.29 is 4.74 Å². The van der Waals surface area contributed by atoms with Gasteiger partial charge >= 0.3 is 0 Å². The SMILES string of the molecule is CCN(CC1CCCCO1)CC(C)(C)CN1CCCC1. The standard InChI is InChI=1S/C17H34N2O/c1-4-18(13-16-9-5-8-12-20-16)14-17(2,3)15-19-10-6-7-11-19/h16H,4-15H2,1-3H3. The number of rotatable bonds is 7. The molecule has 1 atom stereocenters. The van der Waals surface area contributed by atoms with E-state index < -0.39 is 0 Å². The molecule has 2 aliphatic heterocycles. The Morgan fingerprint density at radius 3 is 2.50 bits per heavy atom. The average molecular weight is 282 g/mol. The molecule has 2 aliphatic rings. The van der Waals surface area contributed by atoms with Crippen LogP contribution in [-0.4, -0.2) is 61.8 Å². The Balaban J connectivity index is 1.77. The highest BCUT2D eigenvalue weighted by Gasteiger charge is 2.27. The quantitative estimate of drug-likeness (QED) is 0.714. The van der Waals surface area contributed by atoms with Crippen LogP contribution in [0, 0.1) is 5.41 Å². The van der Waals surface area contributed by atoms with Gasteiger partial charge in [-0.05, 0) is 57.2 Å². The molecule has 0 radical (unpaired) electrons. The molecule has 0 aliphatic carbocycles. The lowest BCUT2D eigenvalue weighted by Gasteiger charge is -2.37. The molecule has 118 valence electrons. The van der Waals surface area contributed by atoms with Gasteiger partial charge in [0.15, 0.2) is 0 Å². The molecule has 0 aromatic carbocycles. The van der Waals surface area contributed by atoms with Crippen LogP contribution in [0.15, 0.2) is 0 Å². The summed E-state index contributed by atoms with van der Waals surface area (Å²) in [5, 5.41) is 0. The Kier molecular flexibility index (Phi) is 6.31. The van der Waals surface area contributed by atoms with E-state index in [0.29, 0.717) is 11.5 Å². The summed E-state index contributed by atoms with van der Waals surface area (Å²) in [5.74, 6) is 0. The lowest BCUT2D eigenvalue weighted by atomic mass is 9.91. The van der Waals surface area contributed by atoms with E-state index in [0.717, 1.165) is 19.7 Å². The predicted octanol–water partition coefficient (Wildman–Crippen LogP) is 3.00. The zero-order chi connectivity index (χ0) is 14.4. The molecule has 2 heterocycles. The normalized spacial score (nSPS) is 25.5. The smallest absolute Gasteiger partial charge is 0.0702 e. The summed E-state index contributed by atoms with van der Waals surface area (Å²) in [6.45, 7) is 15.4. The minimum absolute atomic E-state index is 0.384. The lowest BCUT2D eigenvalue weighted by molar-refractivity contribution is -0.0119. The highest BCUT2D eigenvalue weighted by atomic mass is 16.5. The van der Waals surface area contributed by atoms with Crippen molar-refractivity contribution in [1.82, 2.24) is 9.80 Å². The maximum Gasteiger partial charge on any atom is 0.0702 e. The van der Waals surface area contributed by atoms with E-state index in [1.807, 2.05) is 0 Å². The summed E-state index contributed by atoms with van der Waals surface area (Å²) in [6, 6.07) is 0. The second kappa shape index (κ2) is 7.77. The van der Waals surface area contributed by atoms with E-state index in [2.05, 4.69) is 30.6 Å². The van der Waals surface area contributed by atoms with Crippen LogP contribution in [0.1, 0.15) is 52.9 Å². The third-order valence-electron chi connectivity index (χ3n) is 4.68. The van der Waals surface area contributed by atoms with Crippen molar-refractivity contribution in [3.63, 3.8) is 0 Å². The second-order valence-electron chi connectivity index (χ2n) is 7.46. The van der Waals surface area contributed by atoms with Crippen LogP contribution in [0.5, 0.6) is 0 Å². The molecule has 2 saturated heterocycles. The fourth-order valence-corrected chi connectivity index (χ4v) is 3.75. The number of likely N-dealkylation sites (tertiary alicyclic amines) is 1. The number of nitrogens with zero attached hydrogens (tertiary/aromatic N) is 2. The average Bonchev–Trinajstić information content (AvgIpc) is 2.91. The minimum Gasteiger partial charge on any atom is -0.377 e. The van der Waals surface area contributed by atoms with Gasteiger partial charge in [-0.3, -0.25) is 0 Å². The molecule has 0 spiro atoms. The zero-order valence-corrected chi connectivity index (χ0v) is 13.9. The van der Waals surface area contributed by atoms with Crippen LogP contribution in [0.4, 0.5) is 0 Å². The molecule has 0 aromatic rings. The Labute approximate surface area is 125 Å². The molecule has 0 saturated carbocycles. The monoisotopic (exact) mass is 282 g/mol. The van der Waals surface area contributed by atoms with Crippen molar-refractivity contribution in [3.8, 4) is 0 Å². The van der Waals surface area contributed by atoms with E-state index in [9.17, 15) is 0 Å². The molecule has 0 aromatic heterocycles. The van der Waals surface area contributed by atoms with Crippen molar-refractivity contribution in [1.29, 1.82) is 0 Å². The highest BCUT2D eigenvalue weighted by Crippen LogP contribution is 2.23. The van der Waals surface area contributed by atoms with Gasteiger partial charge in [0.1, 0.15) is 0 Å². The maximum atomic E-state index is 5.91. The summed E-state index contributed by atoms with van der Waals surface area (Å²) in [6.07, 6.45) is 7.12. The van der Waals surface area contributed by atoms with Gasteiger partial charge < -0.3 is 14.5 Å². The van der Waals surface area contributed by atoms with Crippen LogP contribution in [0.25, 0.3) is 0 Å². The van der Waals surface area contributed by atoms with E-state index in [-0.39, 0.29) is 0 Å². The second-order valence-corrected chi connectivity index (χ2v) is 7.46. The van der Waals surface area contributed by atoms with Crippen molar-refractivity contribution in [2.75, 3.05) is 45.9 Å². The molecule has 2 rings (SSSR count).